The zero-order valence-electron chi connectivity index (χ0n) is 11.0. The topological polar surface area (TPSA) is 75.4 Å². The molecule has 5 nitrogen and oxygen atoms in total. The van der Waals surface area contributed by atoms with Gasteiger partial charge in [0.25, 0.3) is 0 Å². The van der Waals surface area contributed by atoms with Crippen molar-refractivity contribution < 1.29 is 9.59 Å². The van der Waals surface area contributed by atoms with Crippen molar-refractivity contribution in [1.29, 1.82) is 0 Å². The Balaban J connectivity index is 2.02. The number of carbonyl (C=O) groups excluding carboxylic acids is 2. The quantitative estimate of drug-likeness (QED) is 0.756. The van der Waals surface area contributed by atoms with Crippen molar-refractivity contribution in [3.05, 3.63) is 0 Å². The van der Waals surface area contributed by atoms with E-state index >= 15 is 0 Å². The lowest BCUT2D eigenvalue weighted by Crippen LogP contribution is -2.51. The molecule has 1 saturated heterocycles. The fourth-order valence-electron chi connectivity index (χ4n) is 3.08. The Morgan fingerprint density at radius 3 is 2.44 bits per heavy atom. The average Bonchev–Trinajstić information content (AvgIpc) is 2.95. The molecule has 2 atom stereocenters. The van der Waals surface area contributed by atoms with E-state index < -0.39 is 0 Å². The molecule has 0 bridgehead atoms. The van der Waals surface area contributed by atoms with Crippen LogP contribution < -0.4 is 11.1 Å². The lowest BCUT2D eigenvalue weighted by atomic mass is 9.96. The molecule has 1 aliphatic carbocycles. The van der Waals surface area contributed by atoms with Crippen LogP contribution in [0.1, 0.15) is 39.0 Å². The van der Waals surface area contributed by atoms with E-state index in [1.54, 1.807) is 0 Å². The number of hydrogen-bond acceptors (Lipinski definition) is 3. The van der Waals surface area contributed by atoms with E-state index in [-0.39, 0.29) is 23.9 Å². The van der Waals surface area contributed by atoms with Gasteiger partial charge in [-0.3, -0.25) is 9.59 Å². The summed E-state index contributed by atoms with van der Waals surface area (Å²) in [6.45, 7) is 2.83. The number of carbonyl (C=O) groups is 2. The summed E-state index contributed by atoms with van der Waals surface area (Å²) in [5, 5.41) is 2.84. The predicted octanol–water partition coefficient (Wildman–Crippen LogP) is 0.241. The smallest absolute Gasteiger partial charge is 0.245 e. The molecule has 2 rings (SSSR count). The summed E-state index contributed by atoms with van der Waals surface area (Å²) < 4.78 is 0. The Morgan fingerprint density at radius 1 is 1.28 bits per heavy atom. The van der Waals surface area contributed by atoms with Gasteiger partial charge in [0.2, 0.25) is 11.8 Å². The van der Waals surface area contributed by atoms with Crippen molar-refractivity contribution in [1.82, 2.24) is 10.2 Å². The minimum atomic E-state index is -0.338. The number of likely N-dealkylation sites (tertiary alicyclic amines) is 1. The first-order chi connectivity index (χ1) is 8.58. The molecule has 0 radical (unpaired) electrons. The van der Waals surface area contributed by atoms with Gasteiger partial charge < -0.3 is 16.0 Å². The van der Waals surface area contributed by atoms with Crippen LogP contribution in [0.3, 0.4) is 0 Å². The largest absolute Gasteiger partial charge is 0.344 e. The second-order valence-corrected chi connectivity index (χ2v) is 5.56. The maximum Gasteiger partial charge on any atom is 0.245 e. The summed E-state index contributed by atoms with van der Waals surface area (Å²) in [5.41, 5.74) is 5.84. The van der Waals surface area contributed by atoms with Gasteiger partial charge in [0.05, 0.1) is 0 Å². The van der Waals surface area contributed by atoms with Crippen molar-refractivity contribution in [2.24, 2.45) is 11.7 Å². The van der Waals surface area contributed by atoms with Crippen molar-refractivity contribution in [2.45, 2.75) is 51.1 Å². The van der Waals surface area contributed by atoms with Crippen molar-refractivity contribution in [3.8, 4) is 0 Å². The number of rotatable bonds is 3. The van der Waals surface area contributed by atoms with Crippen LogP contribution in [0.2, 0.25) is 0 Å². The van der Waals surface area contributed by atoms with Gasteiger partial charge in [-0.25, -0.2) is 0 Å². The molecule has 2 amide bonds. The molecule has 0 aromatic carbocycles. The second kappa shape index (κ2) is 5.69. The molecule has 0 spiro atoms. The summed E-state index contributed by atoms with van der Waals surface area (Å²) in [7, 11) is 0. The fraction of sp³-hybridized carbons (Fsp3) is 0.846. The highest BCUT2D eigenvalue weighted by molar-refractivity contribution is 5.87. The Hall–Kier alpha value is -1.10. The van der Waals surface area contributed by atoms with Crippen LogP contribution in [0, 0.1) is 5.92 Å². The van der Waals surface area contributed by atoms with Gasteiger partial charge in [-0.1, -0.05) is 12.8 Å². The third-order valence-corrected chi connectivity index (χ3v) is 4.03. The minimum Gasteiger partial charge on any atom is -0.344 e. The van der Waals surface area contributed by atoms with Crippen molar-refractivity contribution in [2.75, 3.05) is 13.1 Å². The molecule has 1 heterocycles. The Labute approximate surface area is 108 Å². The first-order valence-corrected chi connectivity index (χ1v) is 6.89. The number of nitrogens with zero attached hydrogens (tertiary/aromatic N) is 1. The predicted molar refractivity (Wildman–Crippen MR) is 68.7 cm³/mol. The molecule has 0 aromatic heterocycles. The van der Waals surface area contributed by atoms with E-state index in [9.17, 15) is 9.59 Å². The van der Waals surface area contributed by atoms with Crippen LogP contribution in [0.4, 0.5) is 0 Å². The zero-order chi connectivity index (χ0) is 13.1. The highest BCUT2D eigenvalue weighted by Gasteiger charge is 2.36. The van der Waals surface area contributed by atoms with E-state index in [1.807, 2.05) is 4.90 Å². The minimum absolute atomic E-state index is 0.0602. The molecule has 1 aliphatic heterocycles. The van der Waals surface area contributed by atoms with Gasteiger partial charge >= 0.3 is 0 Å². The fourth-order valence-corrected chi connectivity index (χ4v) is 3.08. The summed E-state index contributed by atoms with van der Waals surface area (Å²) in [4.78, 5) is 25.6. The summed E-state index contributed by atoms with van der Waals surface area (Å²) >= 11 is 0. The Kier molecular flexibility index (Phi) is 4.22. The number of amides is 2. The Bertz CT molecular complexity index is 326. The van der Waals surface area contributed by atoms with E-state index in [1.165, 1.54) is 6.92 Å². The molecular weight excluding hydrogens is 230 g/mol. The highest BCUT2D eigenvalue weighted by atomic mass is 16.2. The van der Waals surface area contributed by atoms with Gasteiger partial charge in [-0.15, -0.1) is 0 Å². The van der Waals surface area contributed by atoms with E-state index in [2.05, 4.69) is 5.32 Å². The van der Waals surface area contributed by atoms with Gasteiger partial charge in [0.1, 0.15) is 6.04 Å². The van der Waals surface area contributed by atoms with Crippen molar-refractivity contribution in [3.63, 3.8) is 0 Å². The lowest BCUT2D eigenvalue weighted by Gasteiger charge is -2.28. The third kappa shape index (κ3) is 3.02. The molecule has 1 saturated carbocycles. The molecular formula is C13H23N3O2. The first kappa shape index (κ1) is 13.3. The van der Waals surface area contributed by atoms with Gasteiger partial charge in [-0.05, 0) is 25.2 Å². The molecule has 18 heavy (non-hydrogen) atoms. The molecule has 3 N–H and O–H groups in total. The monoisotopic (exact) mass is 253 g/mol. The number of nitrogens with two attached hydrogens (primary N) is 1. The molecule has 2 fully saturated rings. The normalized spacial score (nSPS) is 26.3. The summed E-state index contributed by atoms with van der Waals surface area (Å²) in [6, 6.07) is -0.245. The number of nitrogens with one attached hydrogen (secondary N) is 1. The van der Waals surface area contributed by atoms with E-state index in [0.717, 1.165) is 38.6 Å². The number of hydrogen-bond donors (Lipinski definition) is 2. The van der Waals surface area contributed by atoms with Gasteiger partial charge in [-0.2, -0.15) is 0 Å². The van der Waals surface area contributed by atoms with Crippen LogP contribution in [0.15, 0.2) is 0 Å². The van der Waals surface area contributed by atoms with Crippen LogP contribution in [0.5, 0.6) is 0 Å². The van der Waals surface area contributed by atoms with Crippen LogP contribution in [-0.4, -0.2) is 41.9 Å². The van der Waals surface area contributed by atoms with Crippen LogP contribution in [0.25, 0.3) is 0 Å². The van der Waals surface area contributed by atoms with Gasteiger partial charge in [0.15, 0.2) is 0 Å². The molecule has 0 aromatic rings. The molecule has 0 unspecified atom stereocenters. The first-order valence-electron chi connectivity index (χ1n) is 6.89. The van der Waals surface area contributed by atoms with Gasteiger partial charge in [0, 0.05) is 26.1 Å². The van der Waals surface area contributed by atoms with E-state index in [4.69, 9.17) is 5.73 Å². The van der Waals surface area contributed by atoms with Crippen molar-refractivity contribution >= 4 is 11.8 Å². The molecule has 102 valence electrons. The SMILES string of the molecule is CC(=O)N[C@H](C(=O)N1CC[C@@H](N)C1)C1CCCC1. The standard InChI is InChI=1S/C13H23N3O2/c1-9(17)15-12(10-4-2-3-5-10)13(18)16-7-6-11(14)8-16/h10-12H,2-8,14H2,1H3,(H,15,17)/t11-,12+/m1/s1. The molecule has 2 aliphatic rings. The lowest BCUT2D eigenvalue weighted by molar-refractivity contribution is -0.136. The van der Waals surface area contributed by atoms with Crippen LogP contribution >= 0.6 is 0 Å². The average molecular weight is 253 g/mol. The maximum atomic E-state index is 12.5. The Morgan fingerprint density at radius 2 is 1.94 bits per heavy atom. The second-order valence-electron chi connectivity index (χ2n) is 5.56. The van der Waals surface area contributed by atoms with E-state index in [0.29, 0.717) is 12.5 Å². The zero-order valence-corrected chi connectivity index (χ0v) is 11.0. The third-order valence-electron chi connectivity index (χ3n) is 4.03. The highest BCUT2D eigenvalue weighted by Crippen LogP contribution is 2.29. The summed E-state index contributed by atoms with van der Waals surface area (Å²) in [5.74, 6) is 0.243. The van der Waals surface area contributed by atoms with Crippen LogP contribution in [-0.2, 0) is 9.59 Å². The maximum absolute atomic E-state index is 12.5. The molecule has 5 heteroatoms. The summed E-state index contributed by atoms with van der Waals surface area (Å²) in [6.07, 6.45) is 5.26.